The number of carbonyl (C=O) groups is 2. The number of nitrogens with two attached hydrogens (primary N) is 1. The predicted molar refractivity (Wildman–Crippen MR) is 128 cm³/mol. The lowest BCUT2D eigenvalue weighted by Crippen LogP contribution is -2.46. The Bertz CT molecular complexity index is 1210. The second-order valence-electron chi connectivity index (χ2n) is 8.35. The van der Waals surface area contributed by atoms with Crippen LogP contribution in [-0.4, -0.2) is 40.9 Å². The van der Waals surface area contributed by atoms with E-state index in [1.54, 1.807) is 43.3 Å². The SMILES string of the molecule is Cc1cc(CNC(=O)c2cccc(-c3cnc(N)c(C(=O)N[C@H]4CCCNC4)n3)c2)ccc1F. The third-order valence-electron chi connectivity index (χ3n) is 5.74. The van der Waals surface area contributed by atoms with Gasteiger partial charge in [0.1, 0.15) is 5.82 Å². The van der Waals surface area contributed by atoms with Crippen LogP contribution in [0.15, 0.2) is 48.7 Å². The average molecular weight is 463 g/mol. The van der Waals surface area contributed by atoms with Gasteiger partial charge in [0, 0.05) is 30.3 Å². The van der Waals surface area contributed by atoms with Crippen LogP contribution in [0.4, 0.5) is 10.2 Å². The molecule has 0 unspecified atom stereocenters. The number of hydrogen-bond acceptors (Lipinski definition) is 6. The van der Waals surface area contributed by atoms with Gasteiger partial charge in [0.15, 0.2) is 11.5 Å². The van der Waals surface area contributed by atoms with Gasteiger partial charge in [0.05, 0.1) is 11.9 Å². The minimum absolute atomic E-state index is 0.0167. The van der Waals surface area contributed by atoms with E-state index in [1.807, 2.05) is 0 Å². The van der Waals surface area contributed by atoms with E-state index in [-0.39, 0.29) is 41.7 Å². The lowest BCUT2D eigenvalue weighted by Gasteiger charge is -2.23. The molecule has 4 rings (SSSR count). The van der Waals surface area contributed by atoms with Crippen LogP contribution in [0.5, 0.6) is 0 Å². The standard InChI is InChI=1S/C25H27FN6O2/c1-15-10-16(7-8-20(15)26)12-30-24(33)18-5-2-4-17(11-18)21-14-29-23(27)22(32-21)25(34)31-19-6-3-9-28-13-19/h2,4-5,7-8,10-11,14,19,28H,3,6,9,12-13H2,1H3,(H2,27,29)(H,30,33)(H,31,34)/t19-/m0/s1. The minimum Gasteiger partial charge on any atom is -0.382 e. The fraction of sp³-hybridized carbons (Fsp3) is 0.280. The van der Waals surface area contributed by atoms with Crippen LogP contribution in [-0.2, 0) is 6.54 Å². The first-order valence-electron chi connectivity index (χ1n) is 11.2. The van der Waals surface area contributed by atoms with E-state index in [2.05, 4.69) is 25.9 Å². The molecule has 2 heterocycles. The molecular formula is C25H27FN6O2. The van der Waals surface area contributed by atoms with Gasteiger partial charge in [0.25, 0.3) is 11.8 Å². The zero-order chi connectivity index (χ0) is 24.1. The Morgan fingerprint density at radius 2 is 2.06 bits per heavy atom. The summed E-state index contributed by atoms with van der Waals surface area (Å²) in [5.41, 5.74) is 8.81. The molecule has 1 atom stereocenters. The zero-order valence-electron chi connectivity index (χ0n) is 18.9. The lowest BCUT2D eigenvalue weighted by molar-refractivity contribution is 0.0923. The minimum atomic E-state index is -0.371. The van der Waals surface area contributed by atoms with Crippen molar-refractivity contribution in [1.82, 2.24) is 25.9 Å². The topological polar surface area (TPSA) is 122 Å². The van der Waals surface area contributed by atoms with Gasteiger partial charge in [-0.05, 0) is 55.6 Å². The molecule has 0 saturated carbocycles. The molecule has 3 aromatic rings. The highest BCUT2D eigenvalue weighted by Gasteiger charge is 2.20. The van der Waals surface area contributed by atoms with Crippen molar-refractivity contribution >= 4 is 17.6 Å². The molecule has 176 valence electrons. The molecule has 1 fully saturated rings. The van der Waals surface area contributed by atoms with Crippen LogP contribution in [0.3, 0.4) is 0 Å². The third kappa shape index (κ3) is 5.55. The second-order valence-corrected chi connectivity index (χ2v) is 8.35. The van der Waals surface area contributed by atoms with Gasteiger partial charge in [-0.15, -0.1) is 0 Å². The van der Waals surface area contributed by atoms with Crippen molar-refractivity contribution in [2.75, 3.05) is 18.8 Å². The zero-order valence-corrected chi connectivity index (χ0v) is 18.9. The number of carbonyl (C=O) groups excluding carboxylic acids is 2. The fourth-order valence-electron chi connectivity index (χ4n) is 3.85. The van der Waals surface area contributed by atoms with E-state index < -0.39 is 0 Å². The molecule has 0 spiro atoms. The maximum atomic E-state index is 13.5. The number of nitrogen functional groups attached to an aromatic ring is 1. The number of piperidine rings is 1. The second kappa shape index (κ2) is 10.4. The number of aryl methyl sites for hydroxylation is 1. The molecule has 5 N–H and O–H groups in total. The van der Waals surface area contributed by atoms with E-state index in [1.165, 1.54) is 12.3 Å². The Kier molecular flexibility index (Phi) is 7.12. The van der Waals surface area contributed by atoms with E-state index >= 15 is 0 Å². The summed E-state index contributed by atoms with van der Waals surface area (Å²) in [6.45, 7) is 3.59. The molecule has 1 aromatic heterocycles. The molecule has 34 heavy (non-hydrogen) atoms. The summed E-state index contributed by atoms with van der Waals surface area (Å²) in [6, 6.07) is 11.6. The lowest BCUT2D eigenvalue weighted by atomic mass is 10.1. The van der Waals surface area contributed by atoms with Crippen LogP contribution >= 0.6 is 0 Å². The van der Waals surface area contributed by atoms with Gasteiger partial charge in [-0.3, -0.25) is 9.59 Å². The largest absolute Gasteiger partial charge is 0.382 e. The molecule has 2 amide bonds. The maximum absolute atomic E-state index is 13.5. The van der Waals surface area contributed by atoms with Crippen molar-refractivity contribution in [3.05, 3.63) is 76.9 Å². The van der Waals surface area contributed by atoms with Crippen LogP contribution in [0, 0.1) is 12.7 Å². The molecule has 8 nitrogen and oxygen atoms in total. The monoisotopic (exact) mass is 462 g/mol. The molecule has 0 radical (unpaired) electrons. The summed E-state index contributed by atoms with van der Waals surface area (Å²) in [5.74, 6) is -0.886. The van der Waals surface area contributed by atoms with Gasteiger partial charge in [0.2, 0.25) is 0 Å². The maximum Gasteiger partial charge on any atom is 0.274 e. The van der Waals surface area contributed by atoms with E-state index in [9.17, 15) is 14.0 Å². The highest BCUT2D eigenvalue weighted by molar-refractivity contribution is 5.97. The highest BCUT2D eigenvalue weighted by atomic mass is 19.1. The van der Waals surface area contributed by atoms with E-state index in [0.717, 1.165) is 24.9 Å². The number of halogens is 1. The summed E-state index contributed by atoms with van der Waals surface area (Å²) in [5, 5.41) is 9.04. The number of anilines is 1. The number of benzene rings is 2. The fourth-order valence-corrected chi connectivity index (χ4v) is 3.85. The first kappa shape index (κ1) is 23.3. The van der Waals surface area contributed by atoms with Crippen LogP contribution in [0.25, 0.3) is 11.3 Å². The van der Waals surface area contributed by atoms with Crippen molar-refractivity contribution < 1.29 is 14.0 Å². The summed E-state index contributed by atoms with van der Waals surface area (Å²) in [7, 11) is 0. The van der Waals surface area contributed by atoms with Gasteiger partial charge in [-0.1, -0.05) is 24.3 Å². The van der Waals surface area contributed by atoms with Crippen molar-refractivity contribution in [2.24, 2.45) is 0 Å². The van der Waals surface area contributed by atoms with Gasteiger partial charge < -0.3 is 21.7 Å². The molecule has 1 aliphatic rings. The number of nitrogens with one attached hydrogen (secondary N) is 3. The first-order valence-corrected chi connectivity index (χ1v) is 11.2. The molecule has 2 aromatic carbocycles. The Balaban J connectivity index is 1.48. The van der Waals surface area contributed by atoms with Crippen molar-refractivity contribution in [3.8, 4) is 11.3 Å². The van der Waals surface area contributed by atoms with Crippen molar-refractivity contribution in [3.63, 3.8) is 0 Å². The number of aromatic nitrogens is 2. The van der Waals surface area contributed by atoms with Gasteiger partial charge >= 0.3 is 0 Å². The molecule has 9 heteroatoms. The molecule has 1 aliphatic heterocycles. The Labute approximate surface area is 197 Å². The Hall–Kier alpha value is -3.85. The van der Waals surface area contributed by atoms with Gasteiger partial charge in [-0.25, -0.2) is 14.4 Å². The summed E-state index contributed by atoms with van der Waals surface area (Å²) < 4.78 is 13.5. The summed E-state index contributed by atoms with van der Waals surface area (Å²) in [4.78, 5) is 34.0. The van der Waals surface area contributed by atoms with Crippen molar-refractivity contribution in [1.29, 1.82) is 0 Å². The highest BCUT2D eigenvalue weighted by Crippen LogP contribution is 2.20. The van der Waals surface area contributed by atoms with Crippen LogP contribution < -0.4 is 21.7 Å². The van der Waals surface area contributed by atoms with E-state index in [0.29, 0.717) is 28.9 Å². The summed E-state index contributed by atoms with van der Waals surface area (Å²) in [6.07, 6.45) is 3.36. The van der Waals surface area contributed by atoms with Crippen LogP contribution in [0.1, 0.15) is 44.8 Å². The normalized spacial score (nSPS) is 15.5. The molecule has 0 bridgehead atoms. The number of hydrogen-bond donors (Lipinski definition) is 4. The Morgan fingerprint density at radius 3 is 2.82 bits per heavy atom. The number of amides is 2. The quantitative estimate of drug-likeness (QED) is 0.447. The van der Waals surface area contributed by atoms with Gasteiger partial charge in [-0.2, -0.15) is 0 Å². The third-order valence-corrected chi connectivity index (χ3v) is 5.74. The molecule has 0 aliphatic carbocycles. The smallest absolute Gasteiger partial charge is 0.274 e. The summed E-state index contributed by atoms with van der Waals surface area (Å²) >= 11 is 0. The number of nitrogens with zero attached hydrogens (tertiary/aromatic N) is 2. The van der Waals surface area contributed by atoms with Crippen molar-refractivity contribution in [2.45, 2.75) is 32.4 Å². The van der Waals surface area contributed by atoms with Crippen LogP contribution in [0.2, 0.25) is 0 Å². The van der Waals surface area contributed by atoms with E-state index in [4.69, 9.17) is 5.73 Å². The number of rotatable bonds is 6. The Morgan fingerprint density at radius 1 is 1.21 bits per heavy atom. The first-order chi connectivity index (χ1) is 16.4. The average Bonchev–Trinajstić information content (AvgIpc) is 2.85. The molecular weight excluding hydrogens is 435 g/mol. The predicted octanol–water partition coefficient (Wildman–Crippen LogP) is 2.59. The molecule has 1 saturated heterocycles.